The summed E-state index contributed by atoms with van der Waals surface area (Å²) in [7, 11) is 1.70. The lowest BCUT2D eigenvalue weighted by atomic mass is 9.86. The topological polar surface area (TPSA) is 30.5 Å². The Bertz CT molecular complexity index is 385. The van der Waals surface area contributed by atoms with Crippen LogP contribution in [0.2, 0.25) is 0 Å². The molecule has 0 aliphatic carbocycles. The Balaban J connectivity index is 1.90. The van der Waals surface area contributed by atoms with Crippen molar-refractivity contribution in [2.45, 2.75) is 18.4 Å². The first kappa shape index (κ1) is 9.04. The smallest absolute Gasteiger partial charge is 0.134 e. The molecule has 1 saturated heterocycles. The third-order valence-corrected chi connectivity index (χ3v) is 3.34. The second kappa shape index (κ2) is 3.14. The van der Waals surface area contributed by atoms with Gasteiger partial charge in [0.15, 0.2) is 0 Å². The molecule has 1 aromatic carbocycles. The van der Waals surface area contributed by atoms with Crippen LogP contribution in [0.25, 0.3) is 0 Å². The van der Waals surface area contributed by atoms with E-state index in [2.05, 4.69) is 11.4 Å². The van der Waals surface area contributed by atoms with Gasteiger partial charge in [-0.05, 0) is 36.6 Å². The van der Waals surface area contributed by atoms with Crippen molar-refractivity contribution < 1.29 is 9.47 Å². The zero-order valence-electron chi connectivity index (χ0n) is 8.88. The molecule has 2 aliphatic heterocycles. The van der Waals surface area contributed by atoms with Gasteiger partial charge in [0.05, 0.1) is 7.11 Å². The third-order valence-electron chi connectivity index (χ3n) is 3.34. The molecule has 0 radical (unpaired) electrons. The monoisotopic (exact) mass is 205 g/mol. The van der Waals surface area contributed by atoms with Gasteiger partial charge in [-0.3, -0.25) is 0 Å². The molecular weight excluding hydrogens is 190 g/mol. The van der Waals surface area contributed by atoms with E-state index in [4.69, 9.17) is 9.47 Å². The Kier molecular flexibility index (Phi) is 1.89. The lowest BCUT2D eigenvalue weighted by Gasteiger charge is -2.45. The predicted octanol–water partition coefficient (Wildman–Crippen LogP) is 1.36. The highest BCUT2D eigenvalue weighted by Gasteiger charge is 2.41. The van der Waals surface area contributed by atoms with Crippen LogP contribution < -0.4 is 14.8 Å². The summed E-state index contributed by atoms with van der Waals surface area (Å²) in [4.78, 5) is 0. The van der Waals surface area contributed by atoms with Crippen molar-refractivity contribution in [3.8, 4) is 11.5 Å². The molecule has 1 fully saturated rings. The van der Waals surface area contributed by atoms with Gasteiger partial charge in [-0.15, -0.1) is 0 Å². The maximum absolute atomic E-state index is 6.04. The summed E-state index contributed by atoms with van der Waals surface area (Å²) in [5, 5.41) is 3.28. The molecule has 0 amide bonds. The number of rotatable bonds is 1. The van der Waals surface area contributed by atoms with Gasteiger partial charge >= 0.3 is 0 Å². The number of hydrogen-bond acceptors (Lipinski definition) is 3. The molecule has 0 aromatic heterocycles. The first-order valence-corrected chi connectivity index (χ1v) is 5.38. The van der Waals surface area contributed by atoms with Crippen LogP contribution in [0.5, 0.6) is 11.5 Å². The molecule has 3 rings (SSSR count). The Hall–Kier alpha value is -1.22. The molecule has 2 aliphatic rings. The van der Waals surface area contributed by atoms with Crippen LogP contribution in [0.15, 0.2) is 18.2 Å². The molecule has 0 atom stereocenters. The van der Waals surface area contributed by atoms with E-state index in [9.17, 15) is 0 Å². The van der Waals surface area contributed by atoms with Gasteiger partial charge in [0, 0.05) is 13.1 Å². The fourth-order valence-electron chi connectivity index (χ4n) is 2.28. The average Bonchev–Trinajstić information content (AvgIpc) is 2.25. The van der Waals surface area contributed by atoms with E-state index in [1.807, 2.05) is 12.1 Å². The second-order valence-electron chi connectivity index (χ2n) is 4.36. The fourth-order valence-corrected chi connectivity index (χ4v) is 2.28. The van der Waals surface area contributed by atoms with E-state index < -0.39 is 0 Å². The van der Waals surface area contributed by atoms with E-state index >= 15 is 0 Å². The van der Waals surface area contributed by atoms with Gasteiger partial charge in [-0.1, -0.05) is 0 Å². The van der Waals surface area contributed by atoms with Crippen molar-refractivity contribution in [1.82, 2.24) is 5.32 Å². The molecular formula is C12H15NO2. The molecule has 15 heavy (non-hydrogen) atoms. The number of hydrogen-bond donors (Lipinski definition) is 1. The third kappa shape index (κ3) is 1.38. The van der Waals surface area contributed by atoms with Gasteiger partial charge in [-0.25, -0.2) is 0 Å². The van der Waals surface area contributed by atoms with Gasteiger partial charge in [0.1, 0.15) is 17.1 Å². The van der Waals surface area contributed by atoms with Crippen LogP contribution in [0, 0.1) is 0 Å². The van der Waals surface area contributed by atoms with Gasteiger partial charge in [0.2, 0.25) is 0 Å². The van der Waals surface area contributed by atoms with Crippen LogP contribution >= 0.6 is 0 Å². The van der Waals surface area contributed by atoms with Gasteiger partial charge in [-0.2, -0.15) is 0 Å². The van der Waals surface area contributed by atoms with Crippen LogP contribution in [-0.2, 0) is 6.42 Å². The van der Waals surface area contributed by atoms with Crippen molar-refractivity contribution in [2.75, 3.05) is 20.2 Å². The average molecular weight is 205 g/mol. The summed E-state index contributed by atoms with van der Waals surface area (Å²) in [6, 6.07) is 6.06. The highest BCUT2D eigenvalue weighted by molar-refractivity contribution is 5.42. The number of aryl methyl sites for hydroxylation is 1. The first-order chi connectivity index (χ1) is 7.31. The molecule has 1 N–H and O–H groups in total. The van der Waals surface area contributed by atoms with Crippen LogP contribution in [0.3, 0.4) is 0 Å². The molecule has 3 nitrogen and oxygen atoms in total. The number of fused-ring (bicyclic) bond motifs is 1. The Morgan fingerprint density at radius 1 is 1.40 bits per heavy atom. The minimum absolute atomic E-state index is 0.0849. The van der Waals surface area contributed by atoms with Crippen molar-refractivity contribution in [3.05, 3.63) is 23.8 Å². The van der Waals surface area contributed by atoms with E-state index in [1.54, 1.807) is 7.11 Å². The van der Waals surface area contributed by atoms with Crippen molar-refractivity contribution in [2.24, 2.45) is 0 Å². The first-order valence-electron chi connectivity index (χ1n) is 5.38. The normalized spacial score (nSPS) is 21.4. The van der Waals surface area contributed by atoms with Crippen molar-refractivity contribution >= 4 is 0 Å². The summed E-state index contributed by atoms with van der Waals surface area (Å²) in [5.74, 6) is 1.95. The largest absolute Gasteiger partial charge is 0.497 e. The Morgan fingerprint density at radius 3 is 2.93 bits per heavy atom. The molecule has 1 spiro atoms. The van der Waals surface area contributed by atoms with Crippen LogP contribution in [0.4, 0.5) is 0 Å². The van der Waals surface area contributed by atoms with E-state index in [1.165, 1.54) is 5.56 Å². The Morgan fingerprint density at radius 2 is 2.27 bits per heavy atom. The summed E-state index contributed by atoms with van der Waals surface area (Å²) in [5.41, 5.74) is 1.36. The number of benzene rings is 1. The fraction of sp³-hybridized carbons (Fsp3) is 0.500. The molecule has 3 heteroatoms. The highest BCUT2D eigenvalue weighted by atomic mass is 16.5. The Labute approximate surface area is 89.4 Å². The zero-order chi connectivity index (χ0) is 10.3. The number of methoxy groups -OCH3 is 1. The summed E-state index contributed by atoms with van der Waals surface area (Å²) in [6.45, 7) is 1.97. The standard InChI is InChI=1S/C12H15NO2/c1-14-10-2-3-11-9(6-10)4-5-12(15-11)7-13-8-12/h2-3,6,13H,4-5,7-8H2,1H3. The molecule has 0 bridgehead atoms. The predicted molar refractivity (Wildman–Crippen MR) is 57.5 cm³/mol. The zero-order valence-corrected chi connectivity index (χ0v) is 8.88. The molecule has 0 unspecified atom stereocenters. The summed E-state index contributed by atoms with van der Waals surface area (Å²) >= 11 is 0. The molecule has 80 valence electrons. The molecule has 2 heterocycles. The molecule has 0 saturated carbocycles. The SMILES string of the molecule is COc1ccc2c(c1)CCC1(CNC1)O2. The quantitative estimate of drug-likeness (QED) is 0.751. The minimum atomic E-state index is 0.0849. The molecule has 1 aromatic rings. The highest BCUT2D eigenvalue weighted by Crippen LogP contribution is 2.36. The van der Waals surface area contributed by atoms with E-state index in [0.29, 0.717) is 0 Å². The van der Waals surface area contributed by atoms with Crippen LogP contribution in [-0.4, -0.2) is 25.8 Å². The van der Waals surface area contributed by atoms with E-state index in [0.717, 1.165) is 37.4 Å². The number of nitrogens with one attached hydrogen (secondary N) is 1. The van der Waals surface area contributed by atoms with E-state index in [-0.39, 0.29) is 5.60 Å². The van der Waals surface area contributed by atoms with Crippen LogP contribution in [0.1, 0.15) is 12.0 Å². The second-order valence-corrected chi connectivity index (χ2v) is 4.36. The maximum Gasteiger partial charge on any atom is 0.134 e. The summed E-state index contributed by atoms with van der Waals surface area (Å²) in [6.07, 6.45) is 2.20. The lowest BCUT2D eigenvalue weighted by Crippen LogP contribution is -2.64. The lowest BCUT2D eigenvalue weighted by molar-refractivity contribution is -0.00240. The number of ether oxygens (including phenoxy) is 2. The maximum atomic E-state index is 6.04. The van der Waals surface area contributed by atoms with Gasteiger partial charge in [0.25, 0.3) is 0 Å². The summed E-state index contributed by atoms with van der Waals surface area (Å²) < 4.78 is 11.2. The van der Waals surface area contributed by atoms with Crippen molar-refractivity contribution in [3.63, 3.8) is 0 Å². The van der Waals surface area contributed by atoms with Gasteiger partial charge < -0.3 is 14.8 Å². The van der Waals surface area contributed by atoms with Crippen molar-refractivity contribution in [1.29, 1.82) is 0 Å². The minimum Gasteiger partial charge on any atom is -0.497 e.